The average Bonchev–Trinajstić information content (AvgIpc) is 2.36. The molecule has 0 fully saturated rings. The number of amides is 1. The number of halogens is 3. The summed E-state index contributed by atoms with van der Waals surface area (Å²) in [6.45, 7) is -0.840. The van der Waals surface area contributed by atoms with E-state index >= 15 is 0 Å². The third-order valence-corrected chi connectivity index (χ3v) is 2.89. The van der Waals surface area contributed by atoms with Crippen LogP contribution in [0.1, 0.15) is 16.8 Å². The number of alkyl halides is 2. The molecule has 0 radical (unpaired) electrons. The molecule has 0 aliphatic heterocycles. The standard InChI is InChI=1S/C12H12BrF2NO4/c13-9-2-1-7(5-8(9)12(18)19)16-11(17)3-4-20-6-10(14)15/h1-2,5,10H,3-4,6H2,(H,16,17)(H,18,19). The number of carbonyl (C=O) groups is 2. The van der Waals surface area contributed by atoms with E-state index in [-0.39, 0.29) is 18.6 Å². The first-order chi connectivity index (χ1) is 9.40. The second-order valence-electron chi connectivity index (χ2n) is 3.76. The summed E-state index contributed by atoms with van der Waals surface area (Å²) >= 11 is 3.08. The molecule has 0 saturated heterocycles. The molecule has 0 saturated carbocycles. The number of rotatable bonds is 7. The highest BCUT2D eigenvalue weighted by Gasteiger charge is 2.11. The highest BCUT2D eigenvalue weighted by Crippen LogP contribution is 2.21. The Hall–Kier alpha value is -1.54. The topological polar surface area (TPSA) is 75.6 Å². The van der Waals surface area contributed by atoms with Crippen molar-refractivity contribution < 1.29 is 28.2 Å². The third kappa shape index (κ3) is 5.62. The first-order valence-electron chi connectivity index (χ1n) is 5.58. The summed E-state index contributed by atoms with van der Waals surface area (Å²) in [6, 6.07) is 4.31. The van der Waals surface area contributed by atoms with E-state index in [2.05, 4.69) is 26.0 Å². The Morgan fingerprint density at radius 2 is 2.10 bits per heavy atom. The number of hydrogen-bond donors (Lipinski definition) is 2. The van der Waals surface area contributed by atoms with E-state index in [0.717, 1.165) is 0 Å². The molecule has 0 aromatic heterocycles. The maximum Gasteiger partial charge on any atom is 0.336 e. The minimum atomic E-state index is -2.57. The first-order valence-corrected chi connectivity index (χ1v) is 6.38. The van der Waals surface area contributed by atoms with E-state index in [4.69, 9.17) is 5.11 Å². The molecule has 0 aliphatic carbocycles. The molecule has 0 aliphatic rings. The number of hydrogen-bond acceptors (Lipinski definition) is 3. The molecule has 0 atom stereocenters. The second-order valence-corrected chi connectivity index (χ2v) is 4.62. The Bertz CT molecular complexity index is 496. The van der Waals surface area contributed by atoms with Gasteiger partial charge in [-0.1, -0.05) is 0 Å². The van der Waals surface area contributed by atoms with Gasteiger partial charge in [-0.05, 0) is 34.1 Å². The summed E-state index contributed by atoms with van der Waals surface area (Å²) < 4.78 is 28.5. The predicted molar refractivity (Wildman–Crippen MR) is 71.2 cm³/mol. The van der Waals surface area contributed by atoms with Crippen molar-refractivity contribution in [2.75, 3.05) is 18.5 Å². The molecule has 8 heteroatoms. The lowest BCUT2D eigenvalue weighted by atomic mass is 10.2. The Balaban J connectivity index is 2.50. The Labute approximate surface area is 122 Å². The van der Waals surface area contributed by atoms with Gasteiger partial charge in [-0.25, -0.2) is 13.6 Å². The van der Waals surface area contributed by atoms with Gasteiger partial charge < -0.3 is 15.2 Å². The normalized spacial score (nSPS) is 10.6. The molecule has 0 unspecified atom stereocenters. The van der Waals surface area contributed by atoms with Gasteiger partial charge >= 0.3 is 5.97 Å². The number of carboxylic acids is 1. The lowest BCUT2D eigenvalue weighted by Crippen LogP contribution is -2.16. The summed E-state index contributed by atoms with van der Waals surface area (Å²) in [6.07, 6.45) is -2.66. The molecule has 0 heterocycles. The van der Waals surface area contributed by atoms with Gasteiger partial charge in [-0.3, -0.25) is 4.79 Å². The summed E-state index contributed by atoms with van der Waals surface area (Å²) in [5, 5.41) is 11.4. The van der Waals surface area contributed by atoms with Gasteiger partial charge in [-0.15, -0.1) is 0 Å². The number of carboxylic acid groups (broad SMARTS) is 1. The molecule has 5 nitrogen and oxygen atoms in total. The fourth-order valence-electron chi connectivity index (χ4n) is 1.33. The Morgan fingerprint density at radius 1 is 1.40 bits per heavy atom. The van der Waals surface area contributed by atoms with Crippen molar-refractivity contribution in [1.82, 2.24) is 0 Å². The van der Waals surface area contributed by atoms with E-state index < -0.39 is 24.9 Å². The molecule has 1 aromatic rings. The quantitative estimate of drug-likeness (QED) is 0.740. The van der Waals surface area contributed by atoms with Crippen LogP contribution in [-0.2, 0) is 9.53 Å². The molecule has 20 heavy (non-hydrogen) atoms. The van der Waals surface area contributed by atoms with Crippen molar-refractivity contribution in [2.45, 2.75) is 12.8 Å². The zero-order valence-corrected chi connectivity index (χ0v) is 11.8. The number of ether oxygens (including phenoxy) is 1. The van der Waals surface area contributed by atoms with Gasteiger partial charge in [0.1, 0.15) is 6.61 Å². The lowest BCUT2D eigenvalue weighted by Gasteiger charge is -2.07. The highest BCUT2D eigenvalue weighted by molar-refractivity contribution is 9.10. The SMILES string of the molecule is O=C(CCOCC(F)F)Nc1ccc(Br)c(C(=O)O)c1. The van der Waals surface area contributed by atoms with Gasteiger partial charge in [0.15, 0.2) is 0 Å². The number of anilines is 1. The molecule has 110 valence electrons. The van der Waals surface area contributed by atoms with Crippen LogP contribution in [0.3, 0.4) is 0 Å². The Kier molecular flexibility index (Phi) is 6.53. The molecule has 2 N–H and O–H groups in total. The second kappa shape index (κ2) is 7.91. The summed E-state index contributed by atoms with van der Waals surface area (Å²) in [7, 11) is 0. The number of carbonyl (C=O) groups excluding carboxylic acids is 1. The average molecular weight is 352 g/mol. The first kappa shape index (κ1) is 16.5. The fraction of sp³-hybridized carbons (Fsp3) is 0.333. The van der Waals surface area contributed by atoms with E-state index in [0.29, 0.717) is 10.2 Å². The van der Waals surface area contributed by atoms with Crippen LogP contribution in [0.25, 0.3) is 0 Å². The maximum atomic E-state index is 11.8. The van der Waals surface area contributed by atoms with Crippen LogP contribution in [0.2, 0.25) is 0 Å². The summed E-state index contributed by atoms with van der Waals surface area (Å²) in [5.41, 5.74) is 0.321. The van der Waals surface area contributed by atoms with Gasteiger partial charge in [0, 0.05) is 10.2 Å². The smallest absolute Gasteiger partial charge is 0.336 e. The summed E-state index contributed by atoms with van der Waals surface area (Å²) in [5.74, 6) is -1.58. The summed E-state index contributed by atoms with van der Waals surface area (Å²) in [4.78, 5) is 22.4. The molecule has 0 spiro atoms. The fourth-order valence-corrected chi connectivity index (χ4v) is 1.74. The third-order valence-electron chi connectivity index (χ3n) is 2.20. The van der Waals surface area contributed by atoms with Crippen LogP contribution in [0, 0.1) is 0 Å². The minimum Gasteiger partial charge on any atom is -0.478 e. The molecule has 1 amide bonds. The maximum absolute atomic E-state index is 11.8. The Morgan fingerprint density at radius 3 is 2.70 bits per heavy atom. The van der Waals surface area contributed by atoms with Gasteiger partial charge in [0.25, 0.3) is 6.43 Å². The van der Waals surface area contributed by atoms with Crippen LogP contribution in [0.15, 0.2) is 22.7 Å². The molecular weight excluding hydrogens is 340 g/mol. The van der Waals surface area contributed by atoms with Crippen molar-refractivity contribution in [2.24, 2.45) is 0 Å². The van der Waals surface area contributed by atoms with E-state index in [9.17, 15) is 18.4 Å². The molecule has 1 aromatic carbocycles. The predicted octanol–water partition coefficient (Wildman–Crippen LogP) is 2.76. The highest BCUT2D eigenvalue weighted by atomic mass is 79.9. The van der Waals surface area contributed by atoms with Crippen molar-refractivity contribution in [1.29, 1.82) is 0 Å². The van der Waals surface area contributed by atoms with Crippen molar-refractivity contribution in [3.8, 4) is 0 Å². The van der Waals surface area contributed by atoms with Crippen molar-refractivity contribution >= 4 is 33.5 Å². The number of aromatic carboxylic acids is 1. The largest absolute Gasteiger partial charge is 0.478 e. The number of nitrogens with one attached hydrogen (secondary N) is 1. The van der Waals surface area contributed by atoms with E-state index in [1.54, 1.807) is 0 Å². The van der Waals surface area contributed by atoms with Crippen LogP contribution in [0.5, 0.6) is 0 Å². The zero-order valence-electron chi connectivity index (χ0n) is 10.2. The number of benzene rings is 1. The monoisotopic (exact) mass is 351 g/mol. The van der Waals surface area contributed by atoms with E-state index in [1.807, 2.05) is 0 Å². The minimum absolute atomic E-state index is 0.0109. The molecular formula is C12H12BrF2NO4. The van der Waals surface area contributed by atoms with E-state index in [1.165, 1.54) is 18.2 Å². The van der Waals surface area contributed by atoms with Gasteiger partial charge in [-0.2, -0.15) is 0 Å². The molecule has 1 rings (SSSR count). The van der Waals surface area contributed by atoms with Gasteiger partial charge in [0.2, 0.25) is 5.91 Å². The van der Waals surface area contributed by atoms with Crippen molar-refractivity contribution in [3.63, 3.8) is 0 Å². The molecule has 0 bridgehead atoms. The van der Waals surface area contributed by atoms with Gasteiger partial charge in [0.05, 0.1) is 18.6 Å². The van der Waals surface area contributed by atoms with Crippen LogP contribution in [-0.4, -0.2) is 36.6 Å². The van der Waals surface area contributed by atoms with Crippen molar-refractivity contribution in [3.05, 3.63) is 28.2 Å². The zero-order chi connectivity index (χ0) is 15.1. The van der Waals surface area contributed by atoms with Crippen LogP contribution in [0.4, 0.5) is 14.5 Å². The van der Waals surface area contributed by atoms with Crippen LogP contribution < -0.4 is 5.32 Å². The van der Waals surface area contributed by atoms with Crippen LogP contribution >= 0.6 is 15.9 Å². The lowest BCUT2D eigenvalue weighted by molar-refractivity contribution is -0.117.